The van der Waals surface area contributed by atoms with Gasteiger partial charge < -0.3 is 14.4 Å². The van der Waals surface area contributed by atoms with Gasteiger partial charge >= 0.3 is 5.97 Å². The molecule has 1 aliphatic carbocycles. The third kappa shape index (κ3) is 7.22. The van der Waals surface area contributed by atoms with Crippen LogP contribution in [0.4, 0.5) is 0 Å². The van der Waals surface area contributed by atoms with Gasteiger partial charge in [0.05, 0.1) is 7.11 Å². The first-order chi connectivity index (χ1) is 22.1. The fourth-order valence-corrected chi connectivity index (χ4v) is 8.71. The molecule has 0 amide bonds. The smallest absolute Gasteiger partial charge is 0.348 e. The van der Waals surface area contributed by atoms with E-state index in [0.29, 0.717) is 17.5 Å². The Bertz CT molecular complexity index is 1710. The molecule has 1 fully saturated rings. The Morgan fingerprint density at radius 1 is 1.07 bits per heavy atom. The summed E-state index contributed by atoms with van der Waals surface area (Å²) in [5, 5.41) is 0. The lowest BCUT2D eigenvalue weighted by Crippen LogP contribution is -2.31. The number of ether oxygens (including phenoxy) is 2. The van der Waals surface area contributed by atoms with Crippen molar-refractivity contribution in [1.82, 2.24) is 19.4 Å². The Hall–Kier alpha value is -3.11. The van der Waals surface area contributed by atoms with Crippen molar-refractivity contribution in [2.24, 2.45) is 11.8 Å². The molecule has 1 saturated carbocycles. The fourth-order valence-electron chi connectivity index (χ4n) is 6.84. The Morgan fingerprint density at radius 2 is 1.80 bits per heavy atom. The maximum Gasteiger partial charge on any atom is 0.348 e. The van der Waals surface area contributed by atoms with Crippen molar-refractivity contribution in [3.63, 3.8) is 0 Å². The highest BCUT2D eigenvalue weighted by atomic mass is 32.1. The number of methoxy groups -OCH3 is 1. The lowest BCUT2D eigenvalue weighted by Gasteiger charge is -2.35. The van der Waals surface area contributed by atoms with Gasteiger partial charge in [-0.1, -0.05) is 63.7 Å². The van der Waals surface area contributed by atoms with E-state index in [1.165, 1.54) is 43.9 Å². The summed E-state index contributed by atoms with van der Waals surface area (Å²) in [7, 11) is 2.52. The van der Waals surface area contributed by atoms with E-state index in [0.717, 1.165) is 76.6 Å². The van der Waals surface area contributed by atoms with E-state index in [2.05, 4.69) is 78.4 Å². The number of aromatic nitrogens is 3. The molecule has 244 valence electrons. The van der Waals surface area contributed by atoms with Crippen LogP contribution in [0.1, 0.15) is 54.3 Å². The number of rotatable bonds is 10. The Balaban J connectivity index is 1.32. The van der Waals surface area contributed by atoms with Gasteiger partial charge in [0.15, 0.2) is 5.65 Å². The molecular weight excluding hydrogens is 609 g/mol. The second-order valence-electron chi connectivity index (χ2n) is 14.4. The molecule has 0 radical (unpaired) electrons. The predicted molar refractivity (Wildman–Crippen MR) is 192 cm³/mol. The van der Waals surface area contributed by atoms with E-state index in [4.69, 9.17) is 14.5 Å². The van der Waals surface area contributed by atoms with Crippen molar-refractivity contribution in [1.29, 1.82) is 0 Å². The first-order valence-corrected chi connectivity index (χ1v) is 21.3. The van der Waals surface area contributed by atoms with Crippen LogP contribution in [0.15, 0.2) is 54.2 Å². The number of likely N-dealkylation sites (N-methyl/N-ethyl adjacent to an activating group) is 1. The number of imidazole rings is 1. The van der Waals surface area contributed by atoms with Crippen LogP contribution in [-0.2, 0) is 16.2 Å². The van der Waals surface area contributed by atoms with Crippen LogP contribution in [-0.4, -0.2) is 67.3 Å². The number of hydrogen-bond acceptors (Lipinski definition) is 7. The lowest BCUT2D eigenvalue weighted by molar-refractivity contribution is 0.0606. The van der Waals surface area contributed by atoms with Gasteiger partial charge in [-0.15, -0.1) is 11.3 Å². The quantitative estimate of drug-likeness (QED) is 0.0965. The van der Waals surface area contributed by atoms with Gasteiger partial charge in [-0.05, 0) is 79.1 Å². The third-order valence-electron chi connectivity index (χ3n) is 9.66. The lowest BCUT2D eigenvalue weighted by atomic mass is 9.75. The van der Waals surface area contributed by atoms with Gasteiger partial charge in [-0.25, -0.2) is 14.8 Å². The molecule has 0 unspecified atom stereocenters. The van der Waals surface area contributed by atoms with Crippen LogP contribution in [0, 0.1) is 11.8 Å². The van der Waals surface area contributed by atoms with Crippen molar-refractivity contribution in [3.05, 3.63) is 64.7 Å². The van der Waals surface area contributed by atoms with Crippen molar-refractivity contribution in [2.45, 2.75) is 71.4 Å². The monoisotopic (exact) mass is 656 g/mol. The number of fused-ring (bicyclic) bond motifs is 1. The third-order valence-corrected chi connectivity index (χ3v) is 12.5. The molecule has 0 saturated heterocycles. The molecule has 6 rings (SSSR count). The highest BCUT2D eigenvalue weighted by Crippen LogP contribution is 2.44. The molecule has 4 aromatic rings. The maximum atomic E-state index is 13.2. The summed E-state index contributed by atoms with van der Waals surface area (Å²) in [6.07, 6.45) is 7.81. The highest BCUT2D eigenvalue weighted by Gasteiger charge is 2.30. The van der Waals surface area contributed by atoms with Gasteiger partial charge in [0.25, 0.3) is 0 Å². The second-order valence-corrected chi connectivity index (χ2v) is 21.1. The minimum Gasteiger partial charge on any atom is -0.465 e. The molecule has 0 N–H and O–H groups in total. The molecule has 0 atom stereocenters. The molecule has 46 heavy (non-hydrogen) atoms. The molecule has 0 bridgehead atoms. The van der Waals surface area contributed by atoms with E-state index < -0.39 is 8.07 Å². The zero-order chi connectivity index (χ0) is 32.4. The summed E-state index contributed by atoms with van der Waals surface area (Å²) in [6.45, 7) is 12.6. The number of thiophene rings is 1. The van der Waals surface area contributed by atoms with Gasteiger partial charge in [0.1, 0.15) is 22.9 Å². The molecule has 0 spiro atoms. The molecule has 4 heterocycles. The normalized spacial score (nSPS) is 19.6. The van der Waals surface area contributed by atoms with Gasteiger partial charge in [-0.3, -0.25) is 4.57 Å². The topological polar surface area (TPSA) is 69.5 Å². The molecule has 1 aromatic carbocycles. The SMILES string of the molecule is COC(=O)c1sc(-c2ccc(-c3nc4cccnc4n3COCC[Si](C)(C)C)cc2)cc1C1=C(C2CCC(C)CC2)CN(C)CC1. The number of benzene rings is 1. The number of carbonyl (C=O) groups is 1. The van der Waals surface area contributed by atoms with E-state index in [1.54, 1.807) is 11.3 Å². The number of pyridine rings is 1. The number of hydrogen-bond donors (Lipinski definition) is 0. The molecule has 9 heteroatoms. The number of esters is 1. The summed E-state index contributed by atoms with van der Waals surface area (Å²) in [5.41, 5.74) is 7.75. The zero-order valence-corrected chi connectivity index (χ0v) is 30.1. The van der Waals surface area contributed by atoms with Gasteiger partial charge in [0.2, 0.25) is 0 Å². The zero-order valence-electron chi connectivity index (χ0n) is 28.3. The van der Waals surface area contributed by atoms with Gasteiger partial charge in [0, 0.05) is 50.0 Å². The fraction of sp³-hybridized carbons (Fsp3) is 0.486. The van der Waals surface area contributed by atoms with E-state index >= 15 is 0 Å². The Morgan fingerprint density at radius 3 is 2.52 bits per heavy atom. The summed E-state index contributed by atoms with van der Waals surface area (Å²) in [4.78, 5) is 27.0. The molecular formula is C37H48N4O3SSi. The summed E-state index contributed by atoms with van der Waals surface area (Å²) in [5.74, 6) is 1.99. The van der Waals surface area contributed by atoms with Crippen LogP contribution >= 0.6 is 11.3 Å². The Labute approximate surface area is 278 Å². The Kier molecular flexibility index (Phi) is 9.94. The van der Waals surface area contributed by atoms with E-state index in [1.807, 2.05) is 18.3 Å². The van der Waals surface area contributed by atoms with E-state index in [-0.39, 0.29) is 5.97 Å². The minimum atomic E-state index is -1.19. The predicted octanol–water partition coefficient (Wildman–Crippen LogP) is 8.84. The first-order valence-electron chi connectivity index (χ1n) is 16.7. The van der Waals surface area contributed by atoms with Crippen molar-refractivity contribution in [3.8, 4) is 21.8 Å². The minimum absolute atomic E-state index is 0.249. The van der Waals surface area contributed by atoms with Crippen molar-refractivity contribution in [2.75, 3.05) is 33.9 Å². The van der Waals surface area contributed by atoms with Crippen LogP contribution < -0.4 is 0 Å². The van der Waals surface area contributed by atoms with Crippen LogP contribution in [0.25, 0.3) is 38.6 Å². The summed E-state index contributed by atoms with van der Waals surface area (Å²) < 4.78 is 13.6. The molecule has 1 aliphatic heterocycles. The van der Waals surface area contributed by atoms with Gasteiger partial charge in [-0.2, -0.15) is 0 Å². The van der Waals surface area contributed by atoms with Crippen LogP contribution in [0.3, 0.4) is 0 Å². The molecule has 2 aliphatic rings. The molecule has 7 nitrogen and oxygen atoms in total. The number of carbonyl (C=O) groups excluding carboxylic acids is 1. The average Bonchev–Trinajstić information content (AvgIpc) is 3.65. The maximum absolute atomic E-state index is 13.2. The average molecular weight is 657 g/mol. The molecule has 3 aromatic heterocycles. The highest BCUT2D eigenvalue weighted by molar-refractivity contribution is 7.17. The van der Waals surface area contributed by atoms with Crippen molar-refractivity contribution < 1.29 is 14.3 Å². The largest absolute Gasteiger partial charge is 0.465 e. The van der Waals surface area contributed by atoms with Crippen LogP contribution in [0.5, 0.6) is 0 Å². The second kappa shape index (κ2) is 13.9. The van der Waals surface area contributed by atoms with Crippen LogP contribution in [0.2, 0.25) is 25.7 Å². The number of nitrogens with zero attached hydrogens (tertiary/aromatic N) is 4. The van der Waals surface area contributed by atoms with E-state index in [9.17, 15) is 4.79 Å². The summed E-state index contributed by atoms with van der Waals surface area (Å²) >= 11 is 1.54. The van der Waals surface area contributed by atoms with Crippen molar-refractivity contribution >= 4 is 42.1 Å². The standard InChI is InChI=1S/C37H48N4O3SSi/c1-25-9-11-26(12-10-25)31-23-40(2)19-17-29(31)30-22-33(45-34(30)37(42)43-3)27-13-15-28(16-14-27)35-39-32-8-7-18-38-36(32)41(35)24-44-20-21-46(4,5)6/h7-8,13-16,18,22,25-26H,9-12,17,19-21,23-24H2,1-6H3. The summed E-state index contributed by atoms with van der Waals surface area (Å²) in [6, 6.07) is 15.8. The first kappa shape index (κ1) is 32.8.